The van der Waals surface area contributed by atoms with Gasteiger partial charge in [-0.25, -0.2) is 4.79 Å². The van der Waals surface area contributed by atoms with E-state index in [1.165, 1.54) is 18.2 Å². The topological polar surface area (TPSA) is 102 Å². The van der Waals surface area contributed by atoms with E-state index < -0.39 is 16.9 Å². The third-order valence-electron chi connectivity index (χ3n) is 2.48. The Morgan fingerprint density at radius 1 is 1.57 bits per heavy atom. The lowest BCUT2D eigenvalue weighted by Gasteiger charge is -2.15. The Kier molecular flexibility index (Phi) is 5.55. The molecule has 1 rings (SSSR count). The number of ether oxygens (including phenoxy) is 1. The molecule has 0 aromatic heterocycles. The van der Waals surface area contributed by atoms with Gasteiger partial charge in [0, 0.05) is 24.2 Å². The summed E-state index contributed by atoms with van der Waals surface area (Å²) in [5.74, 6) is 1.24. The Morgan fingerprint density at radius 3 is 2.71 bits per heavy atom. The van der Waals surface area contributed by atoms with Gasteiger partial charge in [0.15, 0.2) is 5.75 Å². The van der Waals surface area contributed by atoms with Crippen molar-refractivity contribution in [2.45, 2.75) is 32.4 Å². The molecule has 0 aliphatic heterocycles. The number of rotatable bonds is 7. The van der Waals surface area contributed by atoms with Gasteiger partial charge in [-0.3, -0.25) is 10.1 Å². The predicted molar refractivity (Wildman–Crippen MR) is 77.4 cm³/mol. The fourth-order valence-corrected chi connectivity index (χ4v) is 1.62. The van der Waals surface area contributed by atoms with Crippen LogP contribution in [0.4, 0.5) is 11.4 Å². The van der Waals surface area contributed by atoms with E-state index in [0.29, 0.717) is 5.69 Å². The highest BCUT2D eigenvalue weighted by molar-refractivity contribution is 5.78. The molecular formula is C14H16N2O5. The Labute approximate surface area is 122 Å². The number of carboxylic acids is 1. The molecule has 0 spiro atoms. The number of nitro groups is 1. The Bertz CT molecular complexity index is 577. The minimum Gasteiger partial charge on any atom is -0.484 e. The molecular weight excluding hydrogens is 276 g/mol. The maximum atomic E-state index is 11.0. The highest BCUT2D eigenvalue weighted by Gasteiger charge is 2.20. The molecule has 0 heterocycles. The van der Waals surface area contributed by atoms with E-state index in [1.807, 2.05) is 0 Å². The predicted octanol–water partition coefficient (Wildman–Crippen LogP) is 2.27. The average Bonchev–Trinajstić information content (AvgIpc) is 2.37. The number of hydrogen-bond donors (Lipinski definition) is 2. The summed E-state index contributed by atoms with van der Waals surface area (Å²) in [4.78, 5) is 21.4. The first-order chi connectivity index (χ1) is 9.85. The van der Waals surface area contributed by atoms with Crippen LogP contribution in [0, 0.1) is 22.5 Å². The maximum absolute atomic E-state index is 11.0. The second-order valence-electron chi connectivity index (χ2n) is 4.55. The van der Waals surface area contributed by atoms with Crippen LogP contribution < -0.4 is 10.1 Å². The molecule has 0 aliphatic carbocycles. The van der Waals surface area contributed by atoms with Crippen LogP contribution in [-0.2, 0) is 4.79 Å². The number of hydrogen-bond acceptors (Lipinski definition) is 5. The van der Waals surface area contributed by atoms with Crippen LogP contribution >= 0.6 is 0 Å². The third kappa shape index (κ3) is 4.69. The molecule has 0 fully saturated rings. The molecule has 1 unspecified atom stereocenters. The van der Waals surface area contributed by atoms with E-state index in [9.17, 15) is 14.9 Å². The van der Waals surface area contributed by atoms with Crippen molar-refractivity contribution in [1.82, 2.24) is 0 Å². The first-order valence-corrected chi connectivity index (χ1v) is 6.23. The largest absolute Gasteiger partial charge is 0.484 e. The van der Waals surface area contributed by atoms with E-state index in [-0.39, 0.29) is 24.0 Å². The van der Waals surface area contributed by atoms with Crippen molar-refractivity contribution in [2.24, 2.45) is 0 Å². The lowest BCUT2D eigenvalue weighted by atomic mass is 10.2. The minimum atomic E-state index is -1.10. The number of nitro benzene ring substituents is 1. The number of terminal acetylenes is 1. The van der Waals surface area contributed by atoms with E-state index in [4.69, 9.17) is 16.3 Å². The number of anilines is 1. The van der Waals surface area contributed by atoms with Crippen molar-refractivity contribution in [3.63, 3.8) is 0 Å². The summed E-state index contributed by atoms with van der Waals surface area (Å²) in [6.45, 7) is 3.48. The summed E-state index contributed by atoms with van der Waals surface area (Å²) in [7, 11) is 0. The van der Waals surface area contributed by atoms with E-state index in [2.05, 4.69) is 11.2 Å². The lowest BCUT2D eigenvalue weighted by molar-refractivity contribution is -0.386. The van der Waals surface area contributed by atoms with E-state index >= 15 is 0 Å². The molecule has 0 saturated heterocycles. The van der Waals surface area contributed by atoms with Crippen LogP contribution in [-0.4, -0.2) is 28.1 Å². The average molecular weight is 292 g/mol. The SMILES string of the molecule is C#CCC(Nc1ccc([N+](=O)[O-])c(OC(C)C)c1)C(=O)O. The second-order valence-corrected chi connectivity index (χ2v) is 4.55. The molecule has 7 heteroatoms. The van der Waals surface area contributed by atoms with Gasteiger partial charge in [-0.05, 0) is 19.9 Å². The summed E-state index contributed by atoms with van der Waals surface area (Å²) in [6.07, 6.45) is 4.86. The van der Waals surface area contributed by atoms with Crippen LogP contribution in [0.2, 0.25) is 0 Å². The molecule has 1 aromatic rings. The van der Waals surface area contributed by atoms with Crippen LogP contribution in [0.5, 0.6) is 5.75 Å². The molecule has 1 atom stereocenters. The van der Waals surface area contributed by atoms with Crippen LogP contribution in [0.15, 0.2) is 18.2 Å². The quantitative estimate of drug-likeness (QED) is 0.454. The Morgan fingerprint density at radius 2 is 2.24 bits per heavy atom. The van der Waals surface area contributed by atoms with Crippen molar-refractivity contribution < 1.29 is 19.6 Å². The molecule has 0 aliphatic rings. The normalized spacial score (nSPS) is 11.5. The maximum Gasteiger partial charge on any atom is 0.327 e. The lowest BCUT2D eigenvalue weighted by Crippen LogP contribution is -2.28. The van der Waals surface area contributed by atoms with Gasteiger partial charge in [0.2, 0.25) is 0 Å². The highest BCUT2D eigenvalue weighted by atomic mass is 16.6. The fourth-order valence-electron chi connectivity index (χ4n) is 1.62. The zero-order chi connectivity index (χ0) is 16.0. The van der Waals surface area contributed by atoms with Gasteiger partial charge in [-0.2, -0.15) is 0 Å². The van der Waals surface area contributed by atoms with Crippen molar-refractivity contribution >= 4 is 17.3 Å². The van der Waals surface area contributed by atoms with Gasteiger partial charge in [0.1, 0.15) is 6.04 Å². The summed E-state index contributed by atoms with van der Waals surface area (Å²) in [5, 5.41) is 22.7. The summed E-state index contributed by atoms with van der Waals surface area (Å²) < 4.78 is 5.38. The molecule has 21 heavy (non-hydrogen) atoms. The van der Waals surface area contributed by atoms with Gasteiger partial charge < -0.3 is 15.2 Å². The van der Waals surface area contributed by atoms with Gasteiger partial charge >= 0.3 is 11.7 Å². The molecule has 0 amide bonds. The number of aliphatic carboxylic acids is 1. The number of carboxylic acid groups (broad SMARTS) is 1. The van der Waals surface area contributed by atoms with Gasteiger partial charge in [-0.1, -0.05) is 0 Å². The zero-order valence-corrected chi connectivity index (χ0v) is 11.7. The van der Waals surface area contributed by atoms with Crippen LogP contribution in [0.1, 0.15) is 20.3 Å². The molecule has 0 radical (unpaired) electrons. The van der Waals surface area contributed by atoms with E-state index in [1.54, 1.807) is 13.8 Å². The summed E-state index contributed by atoms with van der Waals surface area (Å²) in [6, 6.07) is 3.10. The second kappa shape index (κ2) is 7.14. The monoisotopic (exact) mass is 292 g/mol. The third-order valence-corrected chi connectivity index (χ3v) is 2.48. The zero-order valence-electron chi connectivity index (χ0n) is 11.7. The fraction of sp³-hybridized carbons (Fsp3) is 0.357. The van der Waals surface area contributed by atoms with Crippen LogP contribution in [0.3, 0.4) is 0 Å². The smallest absolute Gasteiger partial charge is 0.327 e. The number of nitrogens with zero attached hydrogens (tertiary/aromatic N) is 1. The number of nitrogens with one attached hydrogen (secondary N) is 1. The molecule has 112 valence electrons. The van der Waals surface area contributed by atoms with Crippen molar-refractivity contribution in [3.05, 3.63) is 28.3 Å². The van der Waals surface area contributed by atoms with Gasteiger partial charge in [0.25, 0.3) is 0 Å². The van der Waals surface area contributed by atoms with Gasteiger partial charge in [0.05, 0.1) is 11.0 Å². The number of benzene rings is 1. The van der Waals surface area contributed by atoms with Crippen molar-refractivity contribution in [2.75, 3.05) is 5.32 Å². The summed E-state index contributed by atoms with van der Waals surface area (Å²) >= 11 is 0. The van der Waals surface area contributed by atoms with Crippen molar-refractivity contribution in [1.29, 1.82) is 0 Å². The first-order valence-electron chi connectivity index (χ1n) is 6.23. The first kappa shape index (κ1) is 16.3. The minimum absolute atomic E-state index is 0.00725. The molecule has 7 nitrogen and oxygen atoms in total. The van der Waals surface area contributed by atoms with Crippen LogP contribution in [0.25, 0.3) is 0 Å². The van der Waals surface area contributed by atoms with Gasteiger partial charge in [-0.15, -0.1) is 12.3 Å². The van der Waals surface area contributed by atoms with E-state index in [0.717, 1.165) is 0 Å². The molecule has 0 saturated carbocycles. The molecule has 2 N–H and O–H groups in total. The van der Waals surface area contributed by atoms with Crippen molar-refractivity contribution in [3.8, 4) is 18.1 Å². The Hall–Kier alpha value is -2.75. The number of carbonyl (C=O) groups is 1. The Balaban J connectivity index is 3.07. The molecule has 0 bridgehead atoms. The standard InChI is InChI=1S/C14H16N2O5/c1-4-5-11(14(17)18)15-10-6-7-12(16(19)20)13(8-10)21-9(2)3/h1,6-9,11,15H,5H2,2-3H3,(H,17,18). The highest BCUT2D eigenvalue weighted by Crippen LogP contribution is 2.31. The molecule has 1 aromatic carbocycles. The summed E-state index contributed by atoms with van der Waals surface area (Å²) in [5.41, 5.74) is 0.206.